The predicted octanol–water partition coefficient (Wildman–Crippen LogP) is 0.942. The van der Waals surface area contributed by atoms with Crippen molar-refractivity contribution in [3.63, 3.8) is 0 Å². The van der Waals surface area contributed by atoms with Gasteiger partial charge in [0.1, 0.15) is 24.9 Å². The SMILES string of the molecule is NC(=O)[C@H](CCCC(N)O)NC(=O)[C@H](Cc1ccccc1)NC(=O)OCc1ccccc1. The normalized spacial score (nSPS) is 13.4. The second-order valence-corrected chi connectivity index (χ2v) is 7.41. The first-order chi connectivity index (χ1) is 15.3. The van der Waals surface area contributed by atoms with Crippen molar-refractivity contribution in [2.45, 2.75) is 50.6 Å². The number of nitrogens with one attached hydrogen (secondary N) is 2. The van der Waals surface area contributed by atoms with E-state index < -0.39 is 36.2 Å². The van der Waals surface area contributed by atoms with Crippen molar-refractivity contribution in [3.8, 4) is 0 Å². The Morgan fingerprint density at radius 3 is 2.03 bits per heavy atom. The van der Waals surface area contributed by atoms with Crippen molar-refractivity contribution >= 4 is 17.9 Å². The number of carbonyl (C=O) groups excluding carboxylic acids is 3. The maximum absolute atomic E-state index is 12.9. The van der Waals surface area contributed by atoms with Crippen molar-refractivity contribution in [3.05, 3.63) is 71.8 Å². The van der Waals surface area contributed by atoms with Crippen LogP contribution in [0, 0.1) is 0 Å². The van der Waals surface area contributed by atoms with E-state index in [2.05, 4.69) is 10.6 Å². The summed E-state index contributed by atoms with van der Waals surface area (Å²) in [6.45, 7) is 0.0532. The molecule has 0 saturated carbocycles. The maximum Gasteiger partial charge on any atom is 0.408 e. The number of aliphatic hydroxyl groups is 1. The van der Waals surface area contributed by atoms with Crippen LogP contribution in [-0.4, -0.2) is 41.3 Å². The number of ether oxygens (including phenoxy) is 1. The first kappa shape index (κ1) is 24.8. The van der Waals surface area contributed by atoms with Gasteiger partial charge in [-0.25, -0.2) is 4.79 Å². The number of hydrogen-bond donors (Lipinski definition) is 5. The highest BCUT2D eigenvalue weighted by Gasteiger charge is 2.26. The molecule has 2 rings (SSSR count). The van der Waals surface area contributed by atoms with E-state index in [0.29, 0.717) is 6.42 Å². The average Bonchev–Trinajstić information content (AvgIpc) is 2.77. The molecule has 3 atom stereocenters. The van der Waals surface area contributed by atoms with Crippen LogP contribution in [0.5, 0.6) is 0 Å². The molecule has 0 aliphatic carbocycles. The third-order valence-corrected chi connectivity index (χ3v) is 4.76. The molecule has 0 radical (unpaired) electrons. The summed E-state index contributed by atoms with van der Waals surface area (Å²) in [5, 5.41) is 14.3. The largest absolute Gasteiger partial charge is 0.445 e. The zero-order valence-electron chi connectivity index (χ0n) is 17.8. The van der Waals surface area contributed by atoms with E-state index >= 15 is 0 Å². The molecule has 0 bridgehead atoms. The van der Waals surface area contributed by atoms with Crippen molar-refractivity contribution in [1.29, 1.82) is 0 Å². The average molecular weight is 443 g/mol. The number of alkyl carbamates (subject to hydrolysis) is 1. The minimum atomic E-state index is -1.01. The fraction of sp³-hybridized carbons (Fsp3) is 0.348. The second kappa shape index (κ2) is 13.1. The molecule has 7 N–H and O–H groups in total. The highest BCUT2D eigenvalue weighted by Crippen LogP contribution is 2.07. The van der Waals surface area contributed by atoms with Crippen LogP contribution < -0.4 is 22.1 Å². The molecule has 0 aliphatic rings. The van der Waals surface area contributed by atoms with Gasteiger partial charge in [0.25, 0.3) is 0 Å². The molecule has 0 heterocycles. The van der Waals surface area contributed by atoms with E-state index in [4.69, 9.17) is 16.2 Å². The number of aliphatic hydroxyl groups excluding tert-OH is 1. The summed E-state index contributed by atoms with van der Waals surface area (Å²) in [5.74, 6) is -1.28. The summed E-state index contributed by atoms with van der Waals surface area (Å²) in [6, 6.07) is 16.3. The molecule has 0 fully saturated rings. The smallest absolute Gasteiger partial charge is 0.408 e. The monoisotopic (exact) mass is 442 g/mol. The van der Waals surface area contributed by atoms with Crippen LogP contribution in [0.3, 0.4) is 0 Å². The van der Waals surface area contributed by atoms with Gasteiger partial charge in [0.15, 0.2) is 0 Å². The summed E-state index contributed by atoms with van der Waals surface area (Å²) in [5.41, 5.74) is 12.3. The lowest BCUT2D eigenvalue weighted by molar-refractivity contribution is -0.128. The first-order valence-electron chi connectivity index (χ1n) is 10.4. The topological polar surface area (TPSA) is 157 Å². The van der Waals surface area contributed by atoms with Gasteiger partial charge in [-0.2, -0.15) is 0 Å². The third kappa shape index (κ3) is 9.15. The fourth-order valence-corrected chi connectivity index (χ4v) is 3.06. The number of nitrogens with two attached hydrogens (primary N) is 2. The van der Waals surface area contributed by atoms with E-state index in [1.165, 1.54) is 0 Å². The molecular weight excluding hydrogens is 412 g/mol. The van der Waals surface area contributed by atoms with Crippen LogP contribution in [0.1, 0.15) is 30.4 Å². The van der Waals surface area contributed by atoms with E-state index in [1.54, 1.807) is 0 Å². The number of amides is 3. The predicted molar refractivity (Wildman–Crippen MR) is 119 cm³/mol. The van der Waals surface area contributed by atoms with Crippen molar-refractivity contribution in [2.75, 3.05) is 0 Å². The number of carbonyl (C=O) groups is 3. The van der Waals surface area contributed by atoms with Gasteiger partial charge in [0.05, 0.1) is 0 Å². The summed E-state index contributed by atoms with van der Waals surface area (Å²) >= 11 is 0. The molecule has 9 nitrogen and oxygen atoms in total. The van der Waals surface area contributed by atoms with E-state index in [9.17, 15) is 19.5 Å². The standard InChI is InChI=1S/C23H30N4O5/c24-20(28)13-7-12-18(21(25)29)26-22(30)19(14-16-8-3-1-4-9-16)27-23(31)32-15-17-10-5-2-6-11-17/h1-6,8-11,18-20,28H,7,12-15,24H2,(H2,25,29)(H,26,30)(H,27,31)/t18-,19-,20?/m0/s1. The summed E-state index contributed by atoms with van der Waals surface area (Å²) in [6.07, 6.45) is -0.706. The van der Waals surface area contributed by atoms with Gasteiger partial charge in [-0.1, -0.05) is 60.7 Å². The summed E-state index contributed by atoms with van der Waals surface area (Å²) < 4.78 is 5.23. The second-order valence-electron chi connectivity index (χ2n) is 7.41. The minimum Gasteiger partial charge on any atom is -0.445 e. The van der Waals surface area contributed by atoms with Crippen molar-refractivity contribution in [2.24, 2.45) is 11.5 Å². The van der Waals surface area contributed by atoms with Gasteiger partial charge in [0, 0.05) is 6.42 Å². The lowest BCUT2D eigenvalue weighted by Gasteiger charge is -2.22. The van der Waals surface area contributed by atoms with E-state index in [-0.39, 0.29) is 25.9 Å². The van der Waals surface area contributed by atoms with Gasteiger partial charge in [-0.15, -0.1) is 0 Å². The number of rotatable bonds is 12. The van der Waals surface area contributed by atoms with Crippen LogP contribution in [0.25, 0.3) is 0 Å². The van der Waals surface area contributed by atoms with Crippen molar-refractivity contribution in [1.82, 2.24) is 10.6 Å². The minimum absolute atomic E-state index is 0.0532. The molecule has 172 valence electrons. The highest BCUT2D eigenvalue weighted by atomic mass is 16.5. The van der Waals surface area contributed by atoms with Crippen LogP contribution in [0.2, 0.25) is 0 Å². The molecule has 0 aromatic heterocycles. The molecule has 0 aliphatic heterocycles. The zero-order valence-corrected chi connectivity index (χ0v) is 17.8. The molecular formula is C23H30N4O5. The van der Waals surface area contributed by atoms with Crippen LogP contribution in [0.15, 0.2) is 60.7 Å². The highest BCUT2D eigenvalue weighted by molar-refractivity contribution is 5.90. The Bertz CT molecular complexity index is 861. The van der Waals surface area contributed by atoms with Crippen LogP contribution in [0.4, 0.5) is 4.79 Å². The zero-order chi connectivity index (χ0) is 23.3. The Labute approximate surface area is 187 Å². The van der Waals surface area contributed by atoms with E-state index in [0.717, 1.165) is 11.1 Å². The Morgan fingerprint density at radius 2 is 1.47 bits per heavy atom. The number of primary amides is 1. The van der Waals surface area contributed by atoms with Gasteiger partial charge >= 0.3 is 6.09 Å². The molecule has 32 heavy (non-hydrogen) atoms. The lowest BCUT2D eigenvalue weighted by atomic mass is 10.0. The molecule has 0 spiro atoms. The number of benzene rings is 2. The Hall–Kier alpha value is -3.43. The molecule has 2 aromatic carbocycles. The fourth-order valence-electron chi connectivity index (χ4n) is 3.06. The Morgan fingerprint density at radius 1 is 0.875 bits per heavy atom. The number of hydrogen-bond acceptors (Lipinski definition) is 6. The molecule has 0 saturated heterocycles. The van der Waals surface area contributed by atoms with E-state index in [1.807, 2.05) is 60.7 Å². The third-order valence-electron chi connectivity index (χ3n) is 4.76. The Balaban J connectivity index is 2.02. The molecule has 9 heteroatoms. The molecule has 2 aromatic rings. The van der Waals surface area contributed by atoms with Gasteiger partial charge in [-0.3, -0.25) is 9.59 Å². The van der Waals surface area contributed by atoms with Gasteiger partial charge in [0.2, 0.25) is 11.8 Å². The summed E-state index contributed by atoms with van der Waals surface area (Å²) in [4.78, 5) is 37.0. The maximum atomic E-state index is 12.9. The van der Waals surface area contributed by atoms with Gasteiger partial charge in [-0.05, 0) is 30.4 Å². The summed E-state index contributed by atoms with van der Waals surface area (Å²) in [7, 11) is 0. The lowest BCUT2D eigenvalue weighted by Crippen LogP contribution is -2.53. The van der Waals surface area contributed by atoms with Crippen LogP contribution in [-0.2, 0) is 27.4 Å². The molecule has 1 unspecified atom stereocenters. The Kier molecular flexibility index (Phi) is 10.2. The van der Waals surface area contributed by atoms with Crippen molar-refractivity contribution < 1.29 is 24.2 Å². The van der Waals surface area contributed by atoms with Gasteiger partial charge < -0.3 is 31.9 Å². The molecule has 3 amide bonds. The first-order valence-corrected chi connectivity index (χ1v) is 10.4. The quantitative estimate of drug-likeness (QED) is 0.308. The van der Waals surface area contributed by atoms with Crippen LogP contribution >= 0.6 is 0 Å².